The van der Waals surface area contributed by atoms with E-state index in [4.69, 9.17) is 9.47 Å². The van der Waals surface area contributed by atoms with Crippen molar-refractivity contribution >= 4 is 11.9 Å². The van der Waals surface area contributed by atoms with Crippen molar-refractivity contribution in [3.63, 3.8) is 0 Å². The van der Waals surface area contributed by atoms with E-state index in [1.54, 1.807) is 6.08 Å². The molecule has 0 aliphatic rings. The summed E-state index contributed by atoms with van der Waals surface area (Å²) in [5, 5.41) is 9.58. The van der Waals surface area contributed by atoms with Gasteiger partial charge >= 0.3 is 11.9 Å². The van der Waals surface area contributed by atoms with Crippen LogP contribution in [0, 0.1) is 0 Å². The second kappa shape index (κ2) is 54.1. The second-order valence-electron chi connectivity index (χ2n) is 15.4. The summed E-state index contributed by atoms with van der Waals surface area (Å²) >= 11 is 0. The maximum absolute atomic E-state index is 12.2. The van der Waals surface area contributed by atoms with E-state index in [2.05, 4.69) is 196 Å². The van der Waals surface area contributed by atoms with Gasteiger partial charge in [0, 0.05) is 6.42 Å². The number of aliphatic hydroxyl groups is 1. The van der Waals surface area contributed by atoms with Crippen LogP contribution in [0.15, 0.2) is 194 Å². The largest absolute Gasteiger partial charge is 0.461 e. The highest BCUT2D eigenvalue weighted by atomic mass is 16.6. The van der Waals surface area contributed by atoms with E-state index in [1.165, 1.54) is 0 Å². The van der Waals surface area contributed by atoms with Crippen molar-refractivity contribution in [2.45, 2.75) is 161 Å². The summed E-state index contributed by atoms with van der Waals surface area (Å²) in [6, 6.07) is 0. The standard InChI is InChI=1S/C61H88O5/c1-3-5-7-9-11-13-15-17-19-20-21-22-23-24-25-26-27-28-29-30-31-32-33-34-35-36-37-38-39-40-42-44-46-48-50-52-54-56-61(64)66-59(57-62)58-65-60(63)55-53-51-49-47-45-43-41-18-16-14-12-10-8-6-4-2/h5-8,11-14,17-19,21-22,24-25,27-28,30-31,33-34,36-37,39-41,44-47,51,53,59,62H,3-4,9-10,15-16,20,23,26,29,32,35,38,42-43,48-50,52,54-58H2,1-2H3/b7-5-,8-6-,13-11-,14-12-,19-17-,22-21-,25-24-,28-27-,31-30-,34-33-,37-36-,40-39-,41-18-,46-44-,47-45-,53-51-. The Labute approximate surface area is 403 Å². The van der Waals surface area contributed by atoms with Crippen molar-refractivity contribution in [3.8, 4) is 0 Å². The second-order valence-corrected chi connectivity index (χ2v) is 15.4. The third-order valence-electron chi connectivity index (χ3n) is 9.42. The molecule has 0 heterocycles. The number of unbranched alkanes of at least 4 members (excludes halogenated alkanes) is 3. The number of esters is 2. The Morgan fingerprint density at radius 1 is 0.364 bits per heavy atom. The van der Waals surface area contributed by atoms with E-state index >= 15 is 0 Å². The average Bonchev–Trinajstić information content (AvgIpc) is 3.32. The van der Waals surface area contributed by atoms with Gasteiger partial charge in [-0.2, -0.15) is 0 Å². The fourth-order valence-electron chi connectivity index (χ4n) is 5.75. The summed E-state index contributed by atoms with van der Waals surface area (Å²) < 4.78 is 10.5. The van der Waals surface area contributed by atoms with Crippen LogP contribution < -0.4 is 0 Å². The van der Waals surface area contributed by atoms with Gasteiger partial charge < -0.3 is 14.6 Å². The fourth-order valence-corrected chi connectivity index (χ4v) is 5.75. The smallest absolute Gasteiger partial charge is 0.309 e. The molecule has 0 rings (SSSR count). The van der Waals surface area contributed by atoms with Crippen LogP contribution in [0.2, 0.25) is 0 Å². The molecule has 0 aromatic carbocycles. The Hall–Kier alpha value is -5.26. The van der Waals surface area contributed by atoms with Crippen molar-refractivity contribution in [2.75, 3.05) is 13.2 Å². The summed E-state index contributed by atoms with van der Waals surface area (Å²) in [4.78, 5) is 24.3. The lowest BCUT2D eigenvalue weighted by molar-refractivity contribution is -0.161. The van der Waals surface area contributed by atoms with Crippen LogP contribution in [0.25, 0.3) is 0 Å². The minimum Gasteiger partial charge on any atom is -0.461 e. The lowest BCUT2D eigenvalue weighted by atomic mass is 10.1. The first-order chi connectivity index (χ1) is 32.6. The van der Waals surface area contributed by atoms with Gasteiger partial charge in [-0.25, -0.2) is 0 Å². The van der Waals surface area contributed by atoms with Crippen molar-refractivity contribution in [1.82, 2.24) is 0 Å². The molecule has 0 amide bonds. The molecule has 0 aromatic heterocycles. The molecule has 0 saturated heterocycles. The molecule has 66 heavy (non-hydrogen) atoms. The number of aliphatic hydroxyl groups excluding tert-OH is 1. The van der Waals surface area contributed by atoms with Crippen LogP contribution in [-0.2, 0) is 19.1 Å². The monoisotopic (exact) mass is 901 g/mol. The van der Waals surface area contributed by atoms with Crippen LogP contribution in [0.3, 0.4) is 0 Å². The first-order valence-electron chi connectivity index (χ1n) is 25.0. The molecule has 0 fully saturated rings. The molecule has 0 bridgehead atoms. The van der Waals surface area contributed by atoms with Gasteiger partial charge in [-0.3, -0.25) is 9.59 Å². The number of ether oxygens (including phenoxy) is 2. The molecule has 0 aliphatic carbocycles. The zero-order chi connectivity index (χ0) is 47.7. The van der Waals surface area contributed by atoms with Crippen LogP contribution in [0.5, 0.6) is 0 Å². The number of hydrogen-bond donors (Lipinski definition) is 1. The first kappa shape index (κ1) is 60.7. The third-order valence-corrected chi connectivity index (χ3v) is 9.42. The Bertz CT molecular complexity index is 1630. The van der Waals surface area contributed by atoms with E-state index in [9.17, 15) is 14.7 Å². The van der Waals surface area contributed by atoms with E-state index in [1.807, 2.05) is 6.08 Å². The Kier molecular flexibility index (Phi) is 49.8. The van der Waals surface area contributed by atoms with Gasteiger partial charge in [-0.05, 0) is 122 Å². The normalized spacial score (nSPS) is 13.9. The Morgan fingerprint density at radius 2 is 0.652 bits per heavy atom. The molecule has 5 nitrogen and oxygen atoms in total. The van der Waals surface area contributed by atoms with Crippen LogP contribution in [0.1, 0.15) is 155 Å². The number of hydrogen-bond acceptors (Lipinski definition) is 5. The first-order valence-corrected chi connectivity index (χ1v) is 25.0. The molecular weight excluding hydrogens is 813 g/mol. The Balaban J connectivity index is 3.79. The van der Waals surface area contributed by atoms with Gasteiger partial charge in [0.15, 0.2) is 6.10 Å². The summed E-state index contributed by atoms with van der Waals surface area (Å²) in [5.74, 6) is -0.799. The molecule has 0 aliphatic heterocycles. The minimum atomic E-state index is -0.846. The lowest BCUT2D eigenvalue weighted by Gasteiger charge is -2.15. The van der Waals surface area contributed by atoms with Gasteiger partial charge in [0.2, 0.25) is 0 Å². The molecule has 0 saturated carbocycles. The van der Waals surface area contributed by atoms with E-state index in [0.717, 1.165) is 128 Å². The summed E-state index contributed by atoms with van der Waals surface area (Å²) in [5.41, 5.74) is 0. The predicted octanol–water partition coefficient (Wildman–Crippen LogP) is 17.0. The number of rotatable bonds is 42. The third kappa shape index (κ3) is 51.4. The Morgan fingerprint density at radius 3 is 0.955 bits per heavy atom. The summed E-state index contributed by atoms with van der Waals surface area (Å²) in [6.45, 7) is 3.76. The zero-order valence-corrected chi connectivity index (χ0v) is 41.1. The molecule has 5 heteroatoms. The predicted molar refractivity (Wildman–Crippen MR) is 287 cm³/mol. The highest BCUT2D eigenvalue weighted by Crippen LogP contribution is 2.08. The lowest BCUT2D eigenvalue weighted by Crippen LogP contribution is -2.28. The highest BCUT2D eigenvalue weighted by Gasteiger charge is 2.15. The fraction of sp³-hybridized carbons (Fsp3) is 0.443. The molecule has 0 spiro atoms. The minimum absolute atomic E-state index is 0.132. The number of carbonyl (C=O) groups is 2. The SMILES string of the molecule is CC/C=C\C/C=C\C/C=C\C/C=C\C/C=C\C/C=C\C/C=C\C/C=C\C/C=C\C/C=C\C/C=C\CCCCCC(=O)OC(CO)COC(=O)C/C=C\C/C=C\C/C=C\C/C=C\C/C=C\CC. The summed E-state index contributed by atoms with van der Waals surface area (Å²) in [7, 11) is 0. The zero-order valence-electron chi connectivity index (χ0n) is 41.1. The summed E-state index contributed by atoms with van der Waals surface area (Å²) in [6.07, 6.45) is 88.3. The van der Waals surface area contributed by atoms with E-state index in [0.29, 0.717) is 0 Å². The maximum atomic E-state index is 12.2. The quantitative estimate of drug-likeness (QED) is 0.0375. The van der Waals surface area contributed by atoms with Crippen LogP contribution >= 0.6 is 0 Å². The molecule has 1 N–H and O–H groups in total. The molecular formula is C61H88O5. The van der Waals surface area contributed by atoms with Crippen LogP contribution in [0.4, 0.5) is 0 Å². The van der Waals surface area contributed by atoms with Gasteiger partial charge in [-0.1, -0.05) is 215 Å². The maximum Gasteiger partial charge on any atom is 0.309 e. The molecule has 1 unspecified atom stereocenters. The van der Waals surface area contributed by atoms with E-state index < -0.39 is 12.1 Å². The van der Waals surface area contributed by atoms with Gasteiger partial charge in [0.25, 0.3) is 0 Å². The number of allylic oxidation sites excluding steroid dienone is 31. The number of carbonyl (C=O) groups excluding carboxylic acids is 2. The van der Waals surface area contributed by atoms with Gasteiger partial charge in [-0.15, -0.1) is 0 Å². The van der Waals surface area contributed by atoms with Crippen LogP contribution in [-0.4, -0.2) is 36.4 Å². The van der Waals surface area contributed by atoms with E-state index in [-0.39, 0.29) is 32.0 Å². The van der Waals surface area contributed by atoms with Gasteiger partial charge in [0.05, 0.1) is 13.0 Å². The average molecular weight is 901 g/mol. The molecule has 362 valence electrons. The van der Waals surface area contributed by atoms with Crippen molar-refractivity contribution in [1.29, 1.82) is 0 Å². The molecule has 0 aromatic rings. The highest BCUT2D eigenvalue weighted by molar-refractivity contribution is 5.71. The van der Waals surface area contributed by atoms with Gasteiger partial charge in [0.1, 0.15) is 6.61 Å². The van der Waals surface area contributed by atoms with Crippen molar-refractivity contribution in [3.05, 3.63) is 194 Å². The topological polar surface area (TPSA) is 72.8 Å². The van der Waals surface area contributed by atoms with Crippen molar-refractivity contribution < 1.29 is 24.2 Å². The van der Waals surface area contributed by atoms with Crippen molar-refractivity contribution in [2.24, 2.45) is 0 Å². The molecule has 0 radical (unpaired) electrons. The molecule has 1 atom stereocenters.